The second-order valence-electron chi connectivity index (χ2n) is 2.04. The maximum atomic E-state index is 9.70. The molecule has 1 rings (SSSR count). The first-order chi connectivity index (χ1) is 3.93. The van der Waals surface area contributed by atoms with E-state index in [4.69, 9.17) is 0 Å². The molecule has 0 spiro atoms. The van der Waals surface area contributed by atoms with Gasteiger partial charge in [-0.25, -0.2) is 4.79 Å². The van der Waals surface area contributed by atoms with Gasteiger partial charge in [0.05, 0.1) is 0 Å². The van der Waals surface area contributed by atoms with E-state index in [-0.39, 0.29) is 0 Å². The van der Waals surface area contributed by atoms with Crippen molar-refractivity contribution in [3.63, 3.8) is 0 Å². The van der Waals surface area contributed by atoms with Gasteiger partial charge in [0.2, 0.25) is 0 Å². The van der Waals surface area contributed by atoms with E-state index in [0.29, 0.717) is 0 Å². The van der Waals surface area contributed by atoms with Gasteiger partial charge in [-0.05, 0) is 37.0 Å². The van der Waals surface area contributed by atoms with Crippen molar-refractivity contribution in [2.24, 2.45) is 0 Å². The summed E-state index contributed by atoms with van der Waals surface area (Å²) in [4.78, 5) is 9.70. The smallest absolute Gasteiger partial charge is 0.177 e. The van der Waals surface area contributed by atoms with E-state index in [1.807, 2.05) is 0 Å². The first-order valence-electron chi connectivity index (χ1n) is 2.91. The minimum Gasteiger partial charge on any atom is -0.224 e. The summed E-state index contributed by atoms with van der Waals surface area (Å²) >= 11 is 0. The molecular formula is C7H8O. The predicted octanol–water partition coefficient (Wildman–Crippen LogP) is 1.47. The van der Waals surface area contributed by atoms with Crippen molar-refractivity contribution in [3.05, 3.63) is 11.3 Å². The van der Waals surface area contributed by atoms with Gasteiger partial charge in [-0.2, -0.15) is 0 Å². The molecule has 0 aromatic rings. The van der Waals surface area contributed by atoms with Crippen LogP contribution in [0.3, 0.4) is 0 Å². The fourth-order valence-corrected chi connectivity index (χ4v) is 0.999. The lowest BCUT2D eigenvalue weighted by Gasteiger charge is -1.79. The van der Waals surface area contributed by atoms with Gasteiger partial charge in [0.15, 0.2) is 5.94 Å². The van der Waals surface area contributed by atoms with E-state index in [1.165, 1.54) is 12.8 Å². The fourth-order valence-electron chi connectivity index (χ4n) is 0.999. The summed E-state index contributed by atoms with van der Waals surface area (Å²) < 4.78 is 0. The minimum absolute atomic E-state index is 1.06. The molecule has 0 radical (unpaired) electrons. The molecule has 1 aliphatic rings. The summed E-state index contributed by atoms with van der Waals surface area (Å²) in [5.74, 6) is 1.67. The topological polar surface area (TPSA) is 17.1 Å². The molecular weight excluding hydrogens is 100 g/mol. The second kappa shape index (κ2) is 2.52. The highest BCUT2D eigenvalue weighted by atomic mass is 16.1. The van der Waals surface area contributed by atoms with Crippen LogP contribution in [0.25, 0.3) is 0 Å². The third-order valence-corrected chi connectivity index (χ3v) is 1.43. The van der Waals surface area contributed by atoms with Crippen LogP contribution >= 0.6 is 0 Å². The summed E-state index contributed by atoms with van der Waals surface area (Å²) in [7, 11) is 0. The molecule has 0 atom stereocenters. The summed E-state index contributed by atoms with van der Waals surface area (Å²) in [5.41, 5.74) is 3.71. The zero-order valence-electron chi connectivity index (χ0n) is 4.74. The first kappa shape index (κ1) is 5.37. The minimum atomic E-state index is 1.06. The molecule has 0 amide bonds. The molecule has 8 heavy (non-hydrogen) atoms. The molecule has 1 fully saturated rings. The molecule has 1 heteroatoms. The average Bonchev–Trinajstić information content (AvgIpc) is 2.19. The molecule has 1 saturated carbocycles. The Bertz CT molecular complexity index is 149. The molecule has 1 nitrogen and oxygen atoms in total. The van der Waals surface area contributed by atoms with Crippen LogP contribution < -0.4 is 0 Å². The summed E-state index contributed by atoms with van der Waals surface area (Å²) in [6, 6.07) is 0. The zero-order chi connectivity index (χ0) is 5.82. The number of hydrogen-bond donors (Lipinski definition) is 0. The number of carbonyl (C=O) groups excluding carboxylic acids is 1. The lowest BCUT2D eigenvalue weighted by Crippen LogP contribution is -1.64. The van der Waals surface area contributed by atoms with Crippen LogP contribution in [0.1, 0.15) is 25.7 Å². The van der Waals surface area contributed by atoms with E-state index >= 15 is 0 Å². The summed E-state index contributed by atoms with van der Waals surface area (Å²) in [6.45, 7) is 0. The van der Waals surface area contributed by atoms with Gasteiger partial charge >= 0.3 is 0 Å². The van der Waals surface area contributed by atoms with Crippen molar-refractivity contribution in [2.75, 3.05) is 0 Å². The molecule has 0 N–H and O–H groups in total. The van der Waals surface area contributed by atoms with Crippen molar-refractivity contribution in [1.82, 2.24) is 0 Å². The Morgan fingerprint density at radius 1 is 1.25 bits per heavy atom. The van der Waals surface area contributed by atoms with Crippen molar-refractivity contribution in [3.8, 4) is 0 Å². The molecule has 0 bridgehead atoms. The largest absolute Gasteiger partial charge is 0.224 e. The van der Waals surface area contributed by atoms with Crippen LogP contribution in [0.15, 0.2) is 11.3 Å². The summed E-state index contributed by atoms with van der Waals surface area (Å²) in [5, 5.41) is 0. The zero-order valence-corrected chi connectivity index (χ0v) is 4.74. The normalized spacial score (nSPS) is 17.8. The van der Waals surface area contributed by atoms with Gasteiger partial charge in [0, 0.05) is 0 Å². The molecule has 0 aromatic carbocycles. The maximum Gasteiger partial charge on any atom is 0.177 e. The molecule has 0 aliphatic heterocycles. The number of hydrogen-bond acceptors (Lipinski definition) is 1. The van der Waals surface area contributed by atoms with E-state index < -0.39 is 0 Å². The van der Waals surface area contributed by atoms with Crippen LogP contribution in [-0.4, -0.2) is 5.94 Å². The third-order valence-electron chi connectivity index (χ3n) is 1.43. The van der Waals surface area contributed by atoms with Gasteiger partial charge < -0.3 is 0 Å². The Balaban J connectivity index is 2.72. The van der Waals surface area contributed by atoms with E-state index in [9.17, 15) is 4.79 Å². The van der Waals surface area contributed by atoms with Gasteiger partial charge in [-0.3, -0.25) is 0 Å². The Morgan fingerprint density at radius 2 is 1.88 bits per heavy atom. The molecule has 1 aliphatic carbocycles. The Kier molecular flexibility index (Phi) is 1.69. The van der Waals surface area contributed by atoms with Crippen LogP contribution in [0.5, 0.6) is 0 Å². The Hall–Kier alpha value is -0.770. The van der Waals surface area contributed by atoms with E-state index in [0.717, 1.165) is 18.4 Å². The molecule has 42 valence electrons. The molecule has 0 unspecified atom stereocenters. The van der Waals surface area contributed by atoms with Gasteiger partial charge in [-0.1, -0.05) is 0 Å². The van der Waals surface area contributed by atoms with E-state index in [1.54, 1.807) is 5.94 Å². The van der Waals surface area contributed by atoms with Crippen molar-refractivity contribution < 1.29 is 4.79 Å². The van der Waals surface area contributed by atoms with Crippen LogP contribution in [0.4, 0.5) is 0 Å². The van der Waals surface area contributed by atoms with Gasteiger partial charge in [0.25, 0.3) is 0 Å². The average molecular weight is 108 g/mol. The Labute approximate surface area is 48.7 Å². The number of rotatable bonds is 0. The van der Waals surface area contributed by atoms with Crippen molar-refractivity contribution >= 4 is 5.94 Å². The highest BCUT2D eigenvalue weighted by Gasteiger charge is 2.04. The van der Waals surface area contributed by atoms with Gasteiger partial charge in [0.1, 0.15) is 0 Å². The van der Waals surface area contributed by atoms with Gasteiger partial charge in [-0.15, -0.1) is 0 Å². The molecule has 0 aromatic heterocycles. The fraction of sp³-hybridized carbons (Fsp3) is 0.571. The monoisotopic (exact) mass is 108 g/mol. The van der Waals surface area contributed by atoms with Crippen molar-refractivity contribution in [1.29, 1.82) is 0 Å². The lowest BCUT2D eigenvalue weighted by atomic mass is 10.2. The Morgan fingerprint density at radius 3 is 2.38 bits per heavy atom. The number of allylic oxidation sites excluding steroid dienone is 1. The maximum absolute atomic E-state index is 9.70. The quantitative estimate of drug-likeness (QED) is 0.339. The second-order valence-corrected chi connectivity index (χ2v) is 2.04. The van der Waals surface area contributed by atoms with Crippen molar-refractivity contribution in [2.45, 2.75) is 25.7 Å². The lowest BCUT2D eigenvalue weighted by molar-refractivity contribution is 0.569. The predicted molar refractivity (Wildman–Crippen MR) is 31.2 cm³/mol. The summed E-state index contributed by atoms with van der Waals surface area (Å²) in [6.07, 6.45) is 4.58. The highest BCUT2D eigenvalue weighted by molar-refractivity contribution is 5.45. The first-order valence-corrected chi connectivity index (χ1v) is 2.91. The molecule has 0 saturated heterocycles. The van der Waals surface area contributed by atoms with Crippen LogP contribution in [-0.2, 0) is 4.79 Å². The third kappa shape index (κ3) is 1.10. The molecule has 0 heterocycles. The van der Waals surface area contributed by atoms with Crippen LogP contribution in [0, 0.1) is 0 Å². The van der Waals surface area contributed by atoms with Crippen LogP contribution in [0.2, 0.25) is 0 Å². The van der Waals surface area contributed by atoms with E-state index in [2.05, 4.69) is 5.73 Å². The highest BCUT2D eigenvalue weighted by Crippen LogP contribution is 2.21. The standard InChI is InChI=1S/C7H8O/c8-6-5-7-3-1-2-4-7/h1-4H2. The SMILES string of the molecule is O=C=C=C1CCCC1.